The maximum Gasteiger partial charge on any atom is 0.164 e. The smallest absolute Gasteiger partial charge is 0.164 e. The van der Waals surface area contributed by atoms with Crippen LogP contribution < -0.4 is 5.32 Å². The van der Waals surface area contributed by atoms with Gasteiger partial charge in [-0.05, 0) is 31.7 Å². The summed E-state index contributed by atoms with van der Waals surface area (Å²) >= 11 is 0. The lowest BCUT2D eigenvalue weighted by Crippen LogP contribution is -2.28. The molecular weight excluding hydrogens is 185 g/mol. The molecule has 1 aromatic rings. The molecule has 14 heavy (non-hydrogen) atoms. The molecule has 0 aliphatic rings. The van der Waals surface area contributed by atoms with E-state index in [2.05, 4.69) is 5.32 Å². The lowest BCUT2D eigenvalue weighted by Gasteiger charge is -2.18. The van der Waals surface area contributed by atoms with E-state index in [0.717, 1.165) is 6.07 Å². The van der Waals surface area contributed by atoms with E-state index in [4.69, 9.17) is 5.11 Å². The van der Waals surface area contributed by atoms with E-state index in [1.165, 1.54) is 12.1 Å². The van der Waals surface area contributed by atoms with E-state index in [-0.39, 0.29) is 6.04 Å². The minimum absolute atomic E-state index is 0.153. The van der Waals surface area contributed by atoms with Crippen LogP contribution in [0.1, 0.15) is 18.6 Å². The molecule has 0 heterocycles. The molecule has 78 valence electrons. The number of rotatable bonds is 3. The molecule has 0 aliphatic carbocycles. The molecular formula is C10H14FNO2. The van der Waals surface area contributed by atoms with Gasteiger partial charge in [0.2, 0.25) is 0 Å². The summed E-state index contributed by atoms with van der Waals surface area (Å²) in [5.74, 6) is -1.12. The van der Waals surface area contributed by atoms with Gasteiger partial charge in [0, 0.05) is 6.04 Å². The second kappa shape index (κ2) is 4.39. The number of hydrogen-bond acceptors (Lipinski definition) is 3. The maximum absolute atomic E-state index is 12.7. The molecule has 0 radical (unpaired) electrons. The van der Waals surface area contributed by atoms with Gasteiger partial charge in [-0.2, -0.15) is 0 Å². The zero-order valence-corrected chi connectivity index (χ0v) is 8.16. The molecule has 0 aliphatic heterocycles. The number of phenolic OH excluding ortho intramolecular Hbond substituents is 1. The first kappa shape index (κ1) is 10.9. The van der Waals surface area contributed by atoms with Gasteiger partial charge in [0.05, 0.1) is 6.10 Å². The Kier molecular flexibility index (Phi) is 3.43. The molecule has 2 atom stereocenters. The number of likely N-dealkylation sites (N-methyl/N-ethyl adjacent to an activating group) is 1. The Morgan fingerprint density at radius 2 is 2.07 bits per heavy atom. The van der Waals surface area contributed by atoms with E-state index >= 15 is 0 Å². The highest BCUT2D eigenvalue weighted by molar-refractivity contribution is 5.30. The molecule has 0 fully saturated rings. The molecule has 1 unspecified atom stereocenters. The molecule has 1 aromatic carbocycles. The van der Waals surface area contributed by atoms with Crippen LogP contribution in [-0.4, -0.2) is 23.3 Å². The van der Waals surface area contributed by atoms with E-state index in [1.54, 1.807) is 14.0 Å². The normalized spacial score (nSPS) is 15.1. The highest BCUT2D eigenvalue weighted by atomic mass is 19.1. The van der Waals surface area contributed by atoms with Crippen molar-refractivity contribution in [1.82, 2.24) is 5.32 Å². The van der Waals surface area contributed by atoms with E-state index in [9.17, 15) is 9.50 Å². The van der Waals surface area contributed by atoms with Crippen molar-refractivity contribution in [2.75, 3.05) is 7.05 Å². The fourth-order valence-electron chi connectivity index (χ4n) is 1.16. The molecule has 0 saturated heterocycles. The maximum atomic E-state index is 12.7. The van der Waals surface area contributed by atoms with Crippen molar-refractivity contribution in [3.05, 3.63) is 29.6 Å². The van der Waals surface area contributed by atoms with Gasteiger partial charge in [-0.25, -0.2) is 4.39 Å². The fourth-order valence-corrected chi connectivity index (χ4v) is 1.16. The fraction of sp³-hybridized carbons (Fsp3) is 0.400. The van der Waals surface area contributed by atoms with Crippen molar-refractivity contribution in [3.63, 3.8) is 0 Å². The number of benzene rings is 1. The van der Waals surface area contributed by atoms with E-state index in [1.807, 2.05) is 0 Å². The van der Waals surface area contributed by atoms with Crippen molar-refractivity contribution in [2.45, 2.75) is 19.1 Å². The Morgan fingerprint density at radius 1 is 1.43 bits per heavy atom. The van der Waals surface area contributed by atoms with Crippen LogP contribution in [0, 0.1) is 5.82 Å². The van der Waals surface area contributed by atoms with Crippen LogP contribution in [-0.2, 0) is 0 Å². The third-order valence-electron chi connectivity index (χ3n) is 2.24. The Balaban J connectivity index is 2.91. The zero-order valence-electron chi connectivity index (χ0n) is 8.16. The lowest BCUT2D eigenvalue weighted by atomic mass is 10.0. The first-order valence-corrected chi connectivity index (χ1v) is 4.40. The standard InChI is InChI=1S/C10H14FNO2/c1-6(12-2)10(14)7-3-4-8(11)9(13)5-7/h3-6,10,12-14H,1-2H3/t6-,10?/m1/s1. The highest BCUT2D eigenvalue weighted by Crippen LogP contribution is 2.23. The molecule has 3 N–H and O–H groups in total. The van der Waals surface area contributed by atoms with Crippen LogP contribution in [0.5, 0.6) is 5.75 Å². The molecule has 0 bridgehead atoms. The molecule has 3 nitrogen and oxygen atoms in total. The van der Waals surface area contributed by atoms with Crippen molar-refractivity contribution in [3.8, 4) is 5.75 Å². The van der Waals surface area contributed by atoms with Gasteiger partial charge in [-0.1, -0.05) is 6.07 Å². The highest BCUT2D eigenvalue weighted by Gasteiger charge is 2.15. The molecule has 1 rings (SSSR count). The van der Waals surface area contributed by atoms with E-state index < -0.39 is 17.7 Å². The number of nitrogens with one attached hydrogen (secondary N) is 1. The average Bonchev–Trinajstić information content (AvgIpc) is 2.20. The van der Waals surface area contributed by atoms with Crippen molar-refractivity contribution < 1.29 is 14.6 Å². The van der Waals surface area contributed by atoms with Crippen LogP contribution >= 0.6 is 0 Å². The Morgan fingerprint density at radius 3 is 2.57 bits per heavy atom. The molecule has 0 amide bonds. The average molecular weight is 199 g/mol. The minimum Gasteiger partial charge on any atom is -0.505 e. The summed E-state index contributed by atoms with van der Waals surface area (Å²) in [6, 6.07) is 3.66. The van der Waals surface area contributed by atoms with Gasteiger partial charge in [0.15, 0.2) is 11.6 Å². The first-order chi connectivity index (χ1) is 6.56. The second-order valence-corrected chi connectivity index (χ2v) is 3.23. The van der Waals surface area contributed by atoms with Crippen LogP contribution in [0.2, 0.25) is 0 Å². The van der Waals surface area contributed by atoms with Crippen LogP contribution in [0.25, 0.3) is 0 Å². The van der Waals surface area contributed by atoms with E-state index in [0.29, 0.717) is 5.56 Å². The van der Waals surface area contributed by atoms with Crippen LogP contribution in [0.3, 0.4) is 0 Å². The predicted octanol–water partition coefficient (Wildman–Crippen LogP) is 1.17. The number of phenols is 1. The summed E-state index contributed by atoms with van der Waals surface area (Å²) in [5.41, 5.74) is 0.491. The van der Waals surface area contributed by atoms with Gasteiger partial charge in [0.1, 0.15) is 0 Å². The van der Waals surface area contributed by atoms with Crippen molar-refractivity contribution in [1.29, 1.82) is 0 Å². The SMILES string of the molecule is CN[C@H](C)C(O)c1ccc(F)c(O)c1. The summed E-state index contributed by atoms with van der Waals surface area (Å²) < 4.78 is 12.7. The molecule has 0 aromatic heterocycles. The number of halogens is 1. The summed E-state index contributed by atoms with van der Waals surface area (Å²) in [6.07, 6.45) is -0.758. The topological polar surface area (TPSA) is 52.5 Å². The van der Waals surface area contributed by atoms with Crippen LogP contribution in [0.4, 0.5) is 4.39 Å². The van der Waals surface area contributed by atoms with Gasteiger partial charge in [-0.15, -0.1) is 0 Å². The lowest BCUT2D eigenvalue weighted by molar-refractivity contribution is 0.139. The number of aromatic hydroxyl groups is 1. The number of aliphatic hydroxyl groups excluding tert-OH is 1. The van der Waals surface area contributed by atoms with Gasteiger partial charge < -0.3 is 15.5 Å². The summed E-state index contributed by atoms with van der Waals surface area (Å²) in [6.45, 7) is 1.80. The van der Waals surface area contributed by atoms with Crippen LogP contribution in [0.15, 0.2) is 18.2 Å². The number of hydrogen-bond donors (Lipinski definition) is 3. The molecule has 0 saturated carbocycles. The van der Waals surface area contributed by atoms with Crippen molar-refractivity contribution >= 4 is 0 Å². The summed E-state index contributed by atoms with van der Waals surface area (Å²) in [4.78, 5) is 0. The Hall–Kier alpha value is -1.13. The molecule has 0 spiro atoms. The number of aliphatic hydroxyl groups is 1. The predicted molar refractivity (Wildman–Crippen MR) is 51.5 cm³/mol. The van der Waals surface area contributed by atoms with Gasteiger partial charge >= 0.3 is 0 Å². The summed E-state index contributed by atoms with van der Waals surface area (Å²) in [5, 5.41) is 21.7. The summed E-state index contributed by atoms with van der Waals surface area (Å²) in [7, 11) is 1.72. The monoisotopic (exact) mass is 199 g/mol. The van der Waals surface area contributed by atoms with Gasteiger partial charge in [0.25, 0.3) is 0 Å². The largest absolute Gasteiger partial charge is 0.505 e. The quantitative estimate of drug-likeness (QED) is 0.685. The second-order valence-electron chi connectivity index (χ2n) is 3.23. The Bertz CT molecular complexity index is 317. The van der Waals surface area contributed by atoms with Crippen molar-refractivity contribution in [2.24, 2.45) is 0 Å². The zero-order chi connectivity index (χ0) is 10.7. The van der Waals surface area contributed by atoms with Gasteiger partial charge in [-0.3, -0.25) is 0 Å². The first-order valence-electron chi connectivity index (χ1n) is 4.40. The third-order valence-corrected chi connectivity index (χ3v) is 2.24. The Labute approximate surface area is 82.2 Å². The minimum atomic E-state index is -0.758. The third kappa shape index (κ3) is 2.21. The molecule has 4 heteroatoms.